The number of aliphatic hydroxyl groups excluding tert-OH is 1. The van der Waals surface area contributed by atoms with Crippen molar-refractivity contribution < 1.29 is 42.2 Å². The van der Waals surface area contributed by atoms with Crippen molar-refractivity contribution in [3.05, 3.63) is 0 Å². The summed E-state index contributed by atoms with van der Waals surface area (Å²) in [5, 5.41) is 14.9. The van der Waals surface area contributed by atoms with Gasteiger partial charge in [0, 0.05) is 6.61 Å². The van der Waals surface area contributed by atoms with Crippen LogP contribution < -0.4 is 0 Å². The number of carbonyl (C=O) groups is 2. The summed E-state index contributed by atoms with van der Waals surface area (Å²) in [5.74, 6) is -3.11. The minimum Gasteiger partial charge on any atom is -0.481 e. The number of aliphatic carboxylic acids is 1. The molecule has 2 atom stereocenters. The van der Waals surface area contributed by atoms with Crippen LogP contribution in [0.15, 0.2) is 0 Å². The molecule has 2 unspecified atom stereocenters. The first-order chi connectivity index (χ1) is 8.22. The molecule has 0 aromatic carbocycles. The van der Waals surface area contributed by atoms with E-state index in [4.69, 9.17) is 19.5 Å². The first-order valence-corrected chi connectivity index (χ1v) is 6.33. The Morgan fingerprint density at radius 1 is 1.33 bits per heavy atom. The second-order valence-electron chi connectivity index (χ2n) is 3.11. The Hall–Kier alpha value is -1.23. The quantitative estimate of drug-likeness (QED) is 0.279. The van der Waals surface area contributed by atoms with E-state index in [2.05, 4.69) is 4.74 Å². The van der Waals surface area contributed by atoms with Gasteiger partial charge in [0.15, 0.2) is 5.25 Å². The van der Waals surface area contributed by atoms with Crippen LogP contribution in [0.25, 0.3) is 0 Å². The Labute approximate surface area is 103 Å². The largest absolute Gasteiger partial charge is 0.481 e. The highest BCUT2D eigenvalue weighted by Crippen LogP contribution is 2.09. The second kappa shape index (κ2) is 7.26. The molecule has 0 saturated heterocycles. The number of carboxylic acids is 1. The van der Waals surface area contributed by atoms with Crippen LogP contribution in [0.5, 0.6) is 0 Å². The topological polar surface area (TPSA) is 147 Å². The van der Waals surface area contributed by atoms with Gasteiger partial charge < -0.3 is 19.7 Å². The zero-order valence-electron chi connectivity index (χ0n) is 9.48. The van der Waals surface area contributed by atoms with Crippen molar-refractivity contribution in [1.29, 1.82) is 0 Å². The summed E-state index contributed by atoms with van der Waals surface area (Å²) in [5.41, 5.74) is 0. The lowest BCUT2D eigenvalue weighted by Gasteiger charge is -2.17. The molecule has 18 heavy (non-hydrogen) atoms. The second-order valence-corrected chi connectivity index (χ2v) is 4.70. The van der Waals surface area contributed by atoms with E-state index in [0.29, 0.717) is 0 Å². The molecule has 0 aliphatic rings. The molecule has 0 rings (SSSR count). The summed E-state index contributed by atoms with van der Waals surface area (Å²) in [6.45, 7) is 0.882. The molecule has 0 fully saturated rings. The molecule has 0 aliphatic heterocycles. The van der Waals surface area contributed by atoms with Gasteiger partial charge in [0.2, 0.25) is 6.29 Å². The molecule has 106 valence electrons. The van der Waals surface area contributed by atoms with Gasteiger partial charge in [0.05, 0.1) is 6.42 Å². The third-order valence-corrected chi connectivity index (χ3v) is 2.81. The van der Waals surface area contributed by atoms with Gasteiger partial charge in [-0.2, -0.15) is 8.42 Å². The van der Waals surface area contributed by atoms with Gasteiger partial charge in [-0.3, -0.25) is 14.1 Å². The van der Waals surface area contributed by atoms with E-state index in [-0.39, 0.29) is 6.61 Å². The van der Waals surface area contributed by atoms with E-state index in [0.717, 1.165) is 0 Å². The number of rotatable bonds is 8. The fourth-order valence-corrected chi connectivity index (χ4v) is 1.64. The van der Waals surface area contributed by atoms with Crippen molar-refractivity contribution in [3.63, 3.8) is 0 Å². The third-order valence-electron chi connectivity index (χ3n) is 1.73. The van der Waals surface area contributed by atoms with E-state index >= 15 is 0 Å². The van der Waals surface area contributed by atoms with Crippen molar-refractivity contribution in [2.75, 3.05) is 13.2 Å². The minimum absolute atomic E-state index is 0.0774. The van der Waals surface area contributed by atoms with Gasteiger partial charge in [0.25, 0.3) is 10.1 Å². The van der Waals surface area contributed by atoms with Crippen LogP contribution in [-0.4, -0.2) is 59.9 Å². The smallest absolute Gasteiger partial charge is 0.329 e. The van der Waals surface area contributed by atoms with Crippen molar-refractivity contribution in [2.24, 2.45) is 0 Å². The SMILES string of the molecule is CCOC(CO)OC(=O)C(CC(=O)O)S(=O)(=O)O. The summed E-state index contributed by atoms with van der Waals surface area (Å²) in [4.78, 5) is 21.7. The lowest BCUT2D eigenvalue weighted by Crippen LogP contribution is -2.37. The standard InChI is InChI=1S/C8H14O9S/c1-2-16-7(4-9)17-8(12)5(3-6(10)11)18(13,14)15/h5,7,9H,2-4H2,1H3,(H,10,11)(H,13,14,15). The maximum atomic E-state index is 11.4. The van der Waals surface area contributed by atoms with Gasteiger partial charge in [-0.05, 0) is 6.92 Å². The zero-order valence-corrected chi connectivity index (χ0v) is 10.3. The average Bonchev–Trinajstić information content (AvgIpc) is 2.23. The van der Waals surface area contributed by atoms with E-state index in [1.807, 2.05) is 0 Å². The maximum Gasteiger partial charge on any atom is 0.329 e. The Morgan fingerprint density at radius 3 is 2.22 bits per heavy atom. The van der Waals surface area contributed by atoms with Crippen LogP contribution in [0, 0.1) is 0 Å². The van der Waals surface area contributed by atoms with E-state index < -0.39 is 46.6 Å². The molecule has 0 bridgehead atoms. The molecule has 10 heteroatoms. The molecule has 0 heterocycles. The molecule has 0 aromatic heterocycles. The summed E-state index contributed by atoms with van der Waals surface area (Å²) in [6.07, 6.45) is -2.57. The van der Waals surface area contributed by atoms with Crippen molar-refractivity contribution in [1.82, 2.24) is 0 Å². The number of esters is 1. The van der Waals surface area contributed by atoms with E-state index in [1.165, 1.54) is 6.92 Å². The van der Waals surface area contributed by atoms with Gasteiger partial charge in [0.1, 0.15) is 6.61 Å². The van der Waals surface area contributed by atoms with E-state index in [1.54, 1.807) is 0 Å². The molecule has 9 nitrogen and oxygen atoms in total. The number of aliphatic hydroxyl groups is 1. The third kappa shape index (κ3) is 5.91. The van der Waals surface area contributed by atoms with E-state index in [9.17, 15) is 18.0 Å². The Kier molecular flexibility index (Phi) is 6.76. The summed E-state index contributed by atoms with van der Waals surface area (Å²) in [6, 6.07) is 0. The van der Waals surface area contributed by atoms with Gasteiger partial charge in [-0.1, -0.05) is 0 Å². The first-order valence-electron chi connectivity index (χ1n) is 4.83. The molecular weight excluding hydrogens is 272 g/mol. The van der Waals surface area contributed by atoms with Crippen molar-refractivity contribution in [3.8, 4) is 0 Å². The Morgan fingerprint density at radius 2 is 1.89 bits per heavy atom. The number of hydrogen-bond acceptors (Lipinski definition) is 7. The van der Waals surface area contributed by atoms with Crippen LogP contribution >= 0.6 is 0 Å². The highest BCUT2D eigenvalue weighted by molar-refractivity contribution is 7.87. The first kappa shape index (κ1) is 16.8. The predicted octanol–water partition coefficient (Wildman–Crippen LogP) is -1.38. The molecule has 0 aromatic rings. The van der Waals surface area contributed by atoms with Crippen LogP contribution in [0.1, 0.15) is 13.3 Å². The number of hydrogen-bond donors (Lipinski definition) is 3. The monoisotopic (exact) mass is 286 g/mol. The molecule has 0 radical (unpaired) electrons. The van der Waals surface area contributed by atoms with Crippen molar-refractivity contribution in [2.45, 2.75) is 24.9 Å². The summed E-state index contributed by atoms with van der Waals surface area (Å²) in [7, 11) is -4.92. The molecule has 0 amide bonds. The molecule has 0 saturated carbocycles. The Bertz CT molecular complexity index is 387. The fraction of sp³-hybridized carbons (Fsp3) is 0.750. The number of ether oxygens (including phenoxy) is 2. The lowest BCUT2D eigenvalue weighted by molar-refractivity contribution is -0.186. The molecule has 3 N–H and O–H groups in total. The van der Waals surface area contributed by atoms with Crippen LogP contribution in [0.2, 0.25) is 0 Å². The number of carbonyl (C=O) groups excluding carboxylic acids is 1. The zero-order chi connectivity index (χ0) is 14.3. The van der Waals surface area contributed by atoms with Gasteiger partial charge >= 0.3 is 11.9 Å². The minimum atomic E-state index is -4.92. The predicted molar refractivity (Wildman–Crippen MR) is 56.2 cm³/mol. The summed E-state index contributed by atoms with van der Waals surface area (Å²) >= 11 is 0. The van der Waals surface area contributed by atoms with Crippen molar-refractivity contribution >= 4 is 22.1 Å². The molecule has 0 spiro atoms. The van der Waals surface area contributed by atoms with Gasteiger partial charge in [-0.25, -0.2) is 0 Å². The molecule has 0 aliphatic carbocycles. The molecular formula is C8H14O9S. The Balaban J connectivity index is 4.81. The van der Waals surface area contributed by atoms with Crippen LogP contribution in [0.4, 0.5) is 0 Å². The normalized spacial score (nSPS) is 14.8. The average molecular weight is 286 g/mol. The highest BCUT2D eigenvalue weighted by atomic mass is 32.2. The van der Waals surface area contributed by atoms with Gasteiger partial charge in [-0.15, -0.1) is 0 Å². The van der Waals surface area contributed by atoms with Crippen LogP contribution in [0.3, 0.4) is 0 Å². The summed E-state index contributed by atoms with van der Waals surface area (Å²) < 4.78 is 39.5. The lowest BCUT2D eigenvalue weighted by atomic mass is 10.3. The fourth-order valence-electron chi connectivity index (χ4n) is 0.984. The maximum absolute atomic E-state index is 11.4. The highest BCUT2D eigenvalue weighted by Gasteiger charge is 2.36. The number of carboxylic acid groups (broad SMARTS) is 1. The van der Waals surface area contributed by atoms with Crippen LogP contribution in [-0.2, 0) is 29.2 Å².